The average molecular weight is 681 g/mol. The molecule has 13 aromatic rings. The monoisotopic (exact) mass is 680 g/mol. The molecule has 0 radical (unpaired) electrons. The summed E-state index contributed by atoms with van der Waals surface area (Å²) in [5.74, 6) is 0. The second kappa shape index (κ2) is 9.75. The van der Waals surface area contributed by atoms with E-state index in [0.717, 1.165) is 132 Å². The molecule has 0 fully saturated rings. The van der Waals surface area contributed by atoms with Crippen LogP contribution in [0.2, 0.25) is 0 Å². The summed E-state index contributed by atoms with van der Waals surface area (Å²) in [7, 11) is 0. The zero-order valence-corrected chi connectivity index (χ0v) is 27.9. The van der Waals surface area contributed by atoms with Crippen LogP contribution >= 0.6 is 0 Å². The van der Waals surface area contributed by atoms with Gasteiger partial charge in [-0.2, -0.15) is 0 Å². The molecule has 5 heterocycles. The molecule has 0 unspecified atom stereocenters. The summed E-state index contributed by atoms with van der Waals surface area (Å²) in [4.78, 5) is 0. The standard InChI is InChI=1S/C48H24O5/c1-3-7-39-29(5-1)31-13-15-33-35-21-25(11-19-43(35)52-47(33)45(31)50-39)27-9-17-41-37(23-27)38-24-28(10-18-42(38)49-41)26-12-20-44-36(22-26)34-16-14-32-30-6-2-4-8-40(30)51-46(32)48(34)53-44/h1-24H. The van der Waals surface area contributed by atoms with Crippen molar-refractivity contribution in [1.29, 1.82) is 0 Å². The normalized spacial score (nSPS) is 12.5. The quantitative estimate of drug-likeness (QED) is 0.182. The van der Waals surface area contributed by atoms with Crippen molar-refractivity contribution >= 4 is 110 Å². The lowest BCUT2D eigenvalue weighted by Crippen LogP contribution is -1.79. The van der Waals surface area contributed by atoms with Crippen LogP contribution in [0.25, 0.3) is 132 Å². The molecular weight excluding hydrogens is 657 g/mol. The van der Waals surface area contributed by atoms with Gasteiger partial charge in [-0.3, -0.25) is 0 Å². The largest absolute Gasteiger partial charge is 0.456 e. The molecule has 5 aromatic heterocycles. The van der Waals surface area contributed by atoms with E-state index in [1.54, 1.807) is 0 Å². The molecule has 13 rings (SSSR count). The first-order chi connectivity index (χ1) is 26.2. The van der Waals surface area contributed by atoms with Crippen LogP contribution in [-0.4, -0.2) is 0 Å². The highest BCUT2D eigenvalue weighted by Gasteiger charge is 2.19. The van der Waals surface area contributed by atoms with Crippen molar-refractivity contribution in [3.05, 3.63) is 146 Å². The minimum atomic E-state index is 0.777. The van der Waals surface area contributed by atoms with E-state index in [1.165, 1.54) is 0 Å². The first kappa shape index (κ1) is 27.5. The molecule has 0 amide bonds. The summed E-state index contributed by atoms with van der Waals surface area (Å²) in [6, 6.07) is 50.5. The fourth-order valence-electron chi connectivity index (χ4n) is 8.53. The number of para-hydroxylation sites is 2. The Morgan fingerprint density at radius 2 is 0.491 bits per heavy atom. The van der Waals surface area contributed by atoms with Crippen LogP contribution in [0.4, 0.5) is 0 Å². The van der Waals surface area contributed by atoms with Crippen LogP contribution in [-0.2, 0) is 0 Å². The number of furan rings is 5. The van der Waals surface area contributed by atoms with Crippen LogP contribution in [0.1, 0.15) is 0 Å². The van der Waals surface area contributed by atoms with Crippen molar-refractivity contribution in [2.75, 3.05) is 0 Å². The molecule has 0 aliphatic heterocycles. The molecule has 0 saturated heterocycles. The zero-order chi connectivity index (χ0) is 34.4. The molecule has 8 aromatic carbocycles. The van der Waals surface area contributed by atoms with E-state index >= 15 is 0 Å². The smallest absolute Gasteiger partial charge is 0.178 e. The van der Waals surface area contributed by atoms with E-state index in [2.05, 4.69) is 109 Å². The van der Waals surface area contributed by atoms with Crippen molar-refractivity contribution < 1.29 is 22.1 Å². The van der Waals surface area contributed by atoms with E-state index in [0.29, 0.717) is 0 Å². The highest BCUT2D eigenvalue weighted by atomic mass is 16.4. The molecular formula is C48H24O5. The zero-order valence-electron chi connectivity index (χ0n) is 27.9. The second-order valence-electron chi connectivity index (χ2n) is 14.0. The number of hydrogen-bond donors (Lipinski definition) is 0. The van der Waals surface area contributed by atoms with Gasteiger partial charge in [-0.05, 0) is 107 Å². The summed E-state index contributed by atoms with van der Waals surface area (Å²) in [6.07, 6.45) is 0. The minimum absolute atomic E-state index is 0.777. The van der Waals surface area contributed by atoms with Gasteiger partial charge in [-0.25, -0.2) is 0 Å². The Morgan fingerprint density at radius 1 is 0.208 bits per heavy atom. The van der Waals surface area contributed by atoms with Gasteiger partial charge in [0.2, 0.25) is 0 Å². The summed E-state index contributed by atoms with van der Waals surface area (Å²) in [5, 5.41) is 10.6. The van der Waals surface area contributed by atoms with Crippen LogP contribution in [0.3, 0.4) is 0 Å². The molecule has 0 atom stereocenters. The predicted molar refractivity (Wildman–Crippen MR) is 214 cm³/mol. The first-order valence-electron chi connectivity index (χ1n) is 17.7. The Morgan fingerprint density at radius 3 is 0.868 bits per heavy atom. The highest BCUT2D eigenvalue weighted by Crippen LogP contribution is 2.43. The Balaban J connectivity index is 0.930. The first-order valence-corrected chi connectivity index (χ1v) is 17.7. The molecule has 0 saturated carbocycles. The molecule has 246 valence electrons. The predicted octanol–water partition coefficient (Wildman–Crippen LogP) is 14.5. The number of hydrogen-bond acceptors (Lipinski definition) is 5. The Hall–Kier alpha value is -7.24. The van der Waals surface area contributed by atoms with Gasteiger partial charge in [0.05, 0.1) is 0 Å². The van der Waals surface area contributed by atoms with E-state index < -0.39 is 0 Å². The lowest BCUT2D eigenvalue weighted by Gasteiger charge is -2.04. The second-order valence-corrected chi connectivity index (χ2v) is 14.0. The minimum Gasteiger partial charge on any atom is -0.456 e. The number of rotatable bonds is 2. The summed E-state index contributed by atoms with van der Waals surface area (Å²) < 4.78 is 31.7. The van der Waals surface area contributed by atoms with Crippen LogP contribution in [0.15, 0.2) is 168 Å². The maximum atomic E-state index is 6.41. The van der Waals surface area contributed by atoms with Gasteiger partial charge >= 0.3 is 0 Å². The topological polar surface area (TPSA) is 65.7 Å². The molecule has 5 nitrogen and oxygen atoms in total. The van der Waals surface area contributed by atoms with Gasteiger partial charge in [-0.1, -0.05) is 60.7 Å². The fourth-order valence-corrected chi connectivity index (χ4v) is 8.53. The molecule has 0 spiro atoms. The van der Waals surface area contributed by atoms with Gasteiger partial charge in [0.25, 0.3) is 0 Å². The number of benzene rings is 8. The molecule has 0 bridgehead atoms. The van der Waals surface area contributed by atoms with Crippen molar-refractivity contribution in [3.8, 4) is 22.3 Å². The van der Waals surface area contributed by atoms with Gasteiger partial charge in [-0.15, -0.1) is 0 Å². The van der Waals surface area contributed by atoms with Gasteiger partial charge in [0.15, 0.2) is 22.3 Å². The van der Waals surface area contributed by atoms with Crippen LogP contribution in [0.5, 0.6) is 0 Å². The lowest BCUT2D eigenvalue weighted by molar-refractivity contribution is 0.633. The third-order valence-corrected chi connectivity index (χ3v) is 11.1. The van der Waals surface area contributed by atoms with E-state index in [1.807, 2.05) is 36.4 Å². The lowest BCUT2D eigenvalue weighted by atomic mass is 9.98. The van der Waals surface area contributed by atoms with Crippen molar-refractivity contribution in [2.45, 2.75) is 0 Å². The van der Waals surface area contributed by atoms with Gasteiger partial charge in [0.1, 0.15) is 33.5 Å². The number of fused-ring (bicyclic) bond motifs is 17. The summed E-state index contributed by atoms with van der Waals surface area (Å²) in [6.45, 7) is 0. The molecule has 5 heteroatoms. The third-order valence-electron chi connectivity index (χ3n) is 11.1. The molecule has 0 N–H and O–H groups in total. The van der Waals surface area contributed by atoms with Gasteiger partial charge < -0.3 is 22.1 Å². The molecule has 53 heavy (non-hydrogen) atoms. The van der Waals surface area contributed by atoms with E-state index in [-0.39, 0.29) is 0 Å². The van der Waals surface area contributed by atoms with Crippen molar-refractivity contribution in [3.63, 3.8) is 0 Å². The third kappa shape index (κ3) is 3.70. The Kier molecular flexibility index (Phi) is 5.06. The average Bonchev–Trinajstić information content (AvgIpc) is 4.02. The summed E-state index contributed by atoms with van der Waals surface area (Å²) in [5.41, 5.74) is 12.6. The van der Waals surface area contributed by atoms with E-state index in [9.17, 15) is 0 Å². The Labute approximate surface area is 298 Å². The SMILES string of the molecule is c1ccc2c(c1)oc1c2ccc2c3cc(-c4ccc5oc6ccc(-c7ccc8oc9c(ccc%10c%11ccccc%11oc%109)c8c7)cc6c5c4)ccc3oc21. The maximum absolute atomic E-state index is 6.41. The fraction of sp³-hybridized carbons (Fsp3) is 0. The van der Waals surface area contributed by atoms with Crippen molar-refractivity contribution in [1.82, 2.24) is 0 Å². The molecule has 0 aliphatic carbocycles. The summed E-state index contributed by atoms with van der Waals surface area (Å²) >= 11 is 0. The van der Waals surface area contributed by atoms with Crippen LogP contribution < -0.4 is 0 Å². The molecule has 0 aliphatic rings. The highest BCUT2D eigenvalue weighted by molar-refractivity contribution is 6.21. The van der Waals surface area contributed by atoms with Crippen LogP contribution in [0, 0.1) is 0 Å². The van der Waals surface area contributed by atoms with E-state index in [4.69, 9.17) is 22.1 Å². The van der Waals surface area contributed by atoms with Gasteiger partial charge in [0, 0.05) is 53.9 Å². The van der Waals surface area contributed by atoms with Crippen molar-refractivity contribution in [2.24, 2.45) is 0 Å². The Bertz CT molecular complexity index is 3450. The maximum Gasteiger partial charge on any atom is 0.178 e.